The number of benzene rings is 2. The number of nitrogens with one attached hydrogen (secondary N) is 1. The van der Waals surface area contributed by atoms with Crippen molar-refractivity contribution >= 4 is 28.5 Å². The van der Waals surface area contributed by atoms with Crippen molar-refractivity contribution in [3.8, 4) is 0 Å². The average molecular weight is 473 g/mol. The third-order valence-electron chi connectivity index (χ3n) is 5.73. The van der Waals surface area contributed by atoms with Crippen LogP contribution in [0.4, 0.5) is 5.69 Å². The van der Waals surface area contributed by atoms with Gasteiger partial charge in [0.1, 0.15) is 18.1 Å². The van der Waals surface area contributed by atoms with E-state index < -0.39 is 6.04 Å². The highest BCUT2D eigenvalue weighted by Crippen LogP contribution is 2.31. The van der Waals surface area contributed by atoms with Crippen molar-refractivity contribution in [3.63, 3.8) is 0 Å². The van der Waals surface area contributed by atoms with Crippen LogP contribution in [-0.4, -0.2) is 52.1 Å². The lowest BCUT2D eigenvalue weighted by Crippen LogP contribution is -2.46. The molecule has 9 heteroatoms. The number of fused-ring (bicyclic) bond motifs is 1. The Hall–Kier alpha value is -4.11. The van der Waals surface area contributed by atoms with Gasteiger partial charge in [0.05, 0.1) is 12.1 Å². The maximum Gasteiger partial charge on any atom is 0.249 e. The molecule has 1 atom stereocenters. The van der Waals surface area contributed by atoms with E-state index in [1.165, 1.54) is 0 Å². The van der Waals surface area contributed by atoms with Crippen molar-refractivity contribution in [1.29, 1.82) is 0 Å². The Morgan fingerprint density at radius 2 is 1.86 bits per heavy atom. The fraction of sp³-hybridized carbons (Fsp3) is 0.269. The molecule has 0 radical (unpaired) electrons. The highest BCUT2D eigenvalue weighted by Gasteiger charge is 2.34. The molecule has 4 aromatic rings. The molecule has 180 valence electrons. The first-order valence-corrected chi connectivity index (χ1v) is 11.3. The molecule has 2 aromatic carbocycles. The molecule has 1 N–H and O–H groups in total. The number of hydrogen-bond acceptors (Lipinski definition) is 6. The van der Waals surface area contributed by atoms with Crippen molar-refractivity contribution in [2.75, 3.05) is 25.2 Å². The van der Waals surface area contributed by atoms with Crippen LogP contribution in [0.15, 0.2) is 67.0 Å². The number of nitrogens with zero attached hydrogens (tertiary/aromatic N) is 5. The molecule has 0 aliphatic heterocycles. The van der Waals surface area contributed by atoms with Crippen LogP contribution in [0.2, 0.25) is 0 Å². The minimum atomic E-state index is -0.919. The number of pyridine rings is 1. The van der Waals surface area contributed by atoms with Crippen molar-refractivity contribution in [2.45, 2.75) is 26.4 Å². The van der Waals surface area contributed by atoms with E-state index in [1.54, 1.807) is 41.2 Å². The van der Waals surface area contributed by atoms with Gasteiger partial charge < -0.3 is 10.1 Å². The Bertz CT molecular complexity index is 1320. The summed E-state index contributed by atoms with van der Waals surface area (Å²) in [7, 11) is 1.57. The lowest BCUT2D eigenvalue weighted by molar-refractivity contribution is -0.127. The first kappa shape index (κ1) is 24.0. The number of aryl methyl sites for hydroxylation is 2. The van der Waals surface area contributed by atoms with Crippen LogP contribution in [0.3, 0.4) is 0 Å². The van der Waals surface area contributed by atoms with E-state index in [9.17, 15) is 9.59 Å². The van der Waals surface area contributed by atoms with Crippen LogP contribution < -0.4 is 10.2 Å². The van der Waals surface area contributed by atoms with Crippen LogP contribution in [0, 0.1) is 13.8 Å². The molecule has 0 aliphatic carbocycles. The van der Waals surface area contributed by atoms with E-state index in [-0.39, 0.29) is 18.4 Å². The second-order valence-corrected chi connectivity index (χ2v) is 8.26. The zero-order valence-corrected chi connectivity index (χ0v) is 20.0. The monoisotopic (exact) mass is 472 g/mol. The third kappa shape index (κ3) is 5.36. The van der Waals surface area contributed by atoms with Crippen molar-refractivity contribution in [3.05, 3.63) is 83.7 Å². The van der Waals surface area contributed by atoms with Gasteiger partial charge in [-0.15, -0.1) is 5.10 Å². The number of anilines is 1. The summed E-state index contributed by atoms with van der Waals surface area (Å²) >= 11 is 0. The zero-order chi connectivity index (χ0) is 24.8. The van der Waals surface area contributed by atoms with Gasteiger partial charge in [0.15, 0.2) is 0 Å². The summed E-state index contributed by atoms with van der Waals surface area (Å²) in [5.74, 6) is -0.607. The molecule has 35 heavy (non-hydrogen) atoms. The van der Waals surface area contributed by atoms with Gasteiger partial charge in [0.25, 0.3) is 0 Å². The first-order chi connectivity index (χ1) is 17.0. The molecule has 2 heterocycles. The SMILES string of the molecule is COCCNC(=O)[C@@H](c1ccncc1)N(C(=O)Cn1nnc2ccccc21)c1cc(C)ccc1C. The molecule has 0 aliphatic rings. The topological polar surface area (TPSA) is 102 Å². The molecule has 0 saturated heterocycles. The van der Waals surface area contributed by atoms with E-state index in [2.05, 4.69) is 20.6 Å². The number of amides is 2. The smallest absolute Gasteiger partial charge is 0.249 e. The summed E-state index contributed by atoms with van der Waals surface area (Å²) in [6.45, 7) is 4.47. The molecule has 0 unspecified atom stereocenters. The summed E-state index contributed by atoms with van der Waals surface area (Å²) in [6, 6.07) is 15.9. The van der Waals surface area contributed by atoms with Gasteiger partial charge >= 0.3 is 0 Å². The molecule has 0 spiro atoms. The molecular weight excluding hydrogens is 444 g/mol. The molecule has 0 fully saturated rings. The average Bonchev–Trinajstić information content (AvgIpc) is 3.27. The third-order valence-corrected chi connectivity index (χ3v) is 5.73. The normalized spacial score (nSPS) is 11.9. The van der Waals surface area contributed by atoms with Crippen LogP contribution in [0.1, 0.15) is 22.7 Å². The number of aromatic nitrogens is 4. The van der Waals surface area contributed by atoms with E-state index in [1.807, 2.05) is 56.3 Å². The number of carbonyl (C=O) groups is 2. The quantitative estimate of drug-likeness (QED) is 0.376. The summed E-state index contributed by atoms with van der Waals surface area (Å²) in [4.78, 5) is 33.2. The largest absolute Gasteiger partial charge is 0.383 e. The van der Waals surface area contributed by atoms with E-state index in [0.717, 1.165) is 16.6 Å². The van der Waals surface area contributed by atoms with Crippen LogP contribution in [-0.2, 0) is 20.9 Å². The van der Waals surface area contributed by atoms with Gasteiger partial charge in [0, 0.05) is 31.7 Å². The summed E-state index contributed by atoms with van der Waals surface area (Å²) in [5, 5.41) is 11.2. The van der Waals surface area contributed by atoms with Crippen LogP contribution in [0.5, 0.6) is 0 Å². The van der Waals surface area contributed by atoms with E-state index in [4.69, 9.17) is 4.74 Å². The lowest BCUT2D eigenvalue weighted by atomic mass is 10.0. The molecule has 4 rings (SSSR count). The second kappa shape index (κ2) is 10.9. The number of carbonyl (C=O) groups excluding carboxylic acids is 2. The van der Waals surface area contributed by atoms with Gasteiger partial charge in [-0.05, 0) is 60.9 Å². The van der Waals surface area contributed by atoms with E-state index in [0.29, 0.717) is 29.9 Å². The summed E-state index contributed by atoms with van der Waals surface area (Å²) in [5.41, 5.74) is 4.59. The maximum atomic E-state index is 14.0. The predicted molar refractivity (Wildman–Crippen MR) is 133 cm³/mol. The highest BCUT2D eigenvalue weighted by molar-refractivity contribution is 6.02. The van der Waals surface area contributed by atoms with Gasteiger partial charge in [-0.2, -0.15) is 0 Å². The number of ether oxygens (including phenoxy) is 1. The molecule has 2 amide bonds. The fourth-order valence-electron chi connectivity index (χ4n) is 3.97. The van der Waals surface area contributed by atoms with Gasteiger partial charge in [-0.1, -0.05) is 29.5 Å². The molecule has 0 bridgehead atoms. The number of para-hydroxylation sites is 1. The molecular formula is C26H28N6O3. The van der Waals surface area contributed by atoms with Crippen LogP contribution >= 0.6 is 0 Å². The van der Waals surface area contributed by atoms with Crippen molar-refractivity contribution in [2.24, 2.45) is 0 Å². The molecule has 0 saturated carbocycles. The summed E-state index contributed by atoms with van der Waals surface area (Å²) < 4.78 is 6.65. The van der Waals surface area contributed by atoms with Crippen molar-refractivity contribution < 1.29 is 14.3 Å². The summed E-state index contributed by atoms with van der Waals surface area (Å²) in [6.07, 6.45) is 3.23. The number of rotatable bonds is 9. The Morgan fingerprint density at radius 1 is 1.09 bits per heavy atom. The Morgan fingerprint density at radius 3 is 2.63 bits per heavy atom. The maximum absolute atomic E-state index is 14.0. The Balaban J connectivity index is 1.80. The zero-order valence-electron chi connectivity index (χ0n) is 20.0. The minimum Gasteiger partial charge on any atom is -0.383 e. The predicted octanol–water partition coefficient (Wildman–Crippen LogP) is 2.98. The van der Waals surface area contributed by atoms with Crippen LogP contribution in [0.25, 0.3) is 11.0 Å². The number of hydrogen-bond donors (Lipinski definition) is 1. The minimum absolute atomic E-state index is 0.0825. The molecule has 2 aromatic heterocycles. The Kier molecular flexibility index (Phi) is 7.47. The highest BCUT2D eigenvalue weighted by atomic mass is 16.5. The lowest BCUT2D eigenvalue weighted by Gasteiger charge is -2.32. The van der Waals surface area contributed by atoms with Gasteiger partial charge in [-0.25, -0.2) is 4.68 Å². The van der Waals surface area contributed by atoms with Gasteiger partial charge in [-0.3, -0.25) is 19.5 Å². The van der Waals surface area contributed by atoms with E-state index >= 15 is 0 Å². The first-order valence-electron chi connectivity index (χ1n) is 11.3. The molecule has 9 nitrogen and oxygen atoms in total. The van der Waals surface area contributed by atoms with Gasteiger partial charge in [0.2, 0.25) is 11.8 Å². The van der Waals surface area contributed by atoms with Crippen molar-refractivity contribution in [1.82, 2.24) is 25.3 Å². The Labute approximate surface area is 203 Å². The fourth-order valence-corrected chi connectivity index (χ4v) is 3.97. The standard InChI is InChI=1S/C26H28N6O3/c1-18-8-9-19(2)23(16-18)32(24(33)17-31-22-7-5-4-6-21(22)29-30-31)25(20-10-12-27-13-11-20)26(34)28-14-15-35-3/h4-13,16,25H,14-15,17H2,1-3H3,(H,28,34)/t25-/m1/s1. The second-order valence-electron chi connectivity index (χ2n) is 8.26. The number of methoxy groups -OCH3 is 1.